The van der Waals surface area contributed by atoms with Crippen LogP contribution in [0.4, 0.5) is 0 Å². The fourth-order valence-electron chi connectivity index (χ4n) is 2.72. The zero-order valence-corrected chi connectivity index (χ0v) is 11.0. The van der Waals surface area contributed by atoms with Crippen LogP contribution in [-0.4, -0.2) is 33.0 Å². The fourth-order valence-corrected chi connectivity index (χ4v) is 2.72. The maximum absolute atomic E-state index is 12.2. The lowest BCUT2D eigenvalue weighted by Gasteiger charge is -2.15. The van der Waals surface area contributed by atoms with Crippen molar-refractivity contribution < 1.29 is 4.79 Å². The first-order chi connectivity index (χ1) is 9.18. The standard InChI is InChI=1S/C14H17N3O2/c1-15-11-6-2-3-7-12(11)17(14(15)19)10-13(18)16-8-4-5-9-16/h2-3,6-7H,4-5,8-10H2,1H3. The van der Waals surface area contributed by atoms with Gasteiger partial charge >= 0.3 is 5.69 Å². The summed E-state index contributed by atoms with van der Waals surface area (Å²) >= 11 is 0. The van der Waals surface area contributed by atoms with E-state index in [-0.39, 0.29) is 18.1 Å². The second-order valence-corrected chi connectivity index (χ2v) is 5.00. The van der Waals surface area contributed by atoms with Crippen molar-refractivity contribution in [3.05, 3.63) is 34.7 Å². The molecule has 0 radical (unpaired) electrons. The van der Waals surface area contributed by atoms with Crippen LogP contribution in [0.15, 0.2) is 29.1 Å². The predicted octanol–water partition coefficient (Wildman–Crippen LogP) is 0.962. The number of carbonyl (C=O) groups excluding carboxylic acids is 1. The van der Waals surface area contributed by atoms with Gasteiger partial charge in [0, 0.05) is 20.1 Å². The van der Waals surface area contributed by atoms with Gasteiger partial charge in [-0.15, -0.1) is 0 Å². The Morgan fingerprint density at radius 2 is 1.79 bits per heavy atom. The van der Waals surface area contributed by atoms with Gasteiger partial charge in [-0.25, -0.2) is 4.79 Å². The number of imidazole rings is 1. The van der Waals surface area contributed by atoms with Crippen LogP contribution in [0.2, 0.25) is 0 Å². The summed E-state index contributed by atoms with van der Waals surface area (Å²) < 4.78 is 3.16. The SMILES string of the molecule is Cn1c(=O)n(CC(=O)N2CCCC2)c2ccccc21. The summed E-state index contributed by atoms with van der Waals surface area (Å²) in [4.78, 5) is 26.2. The average molecular weight is 259 g/mol. The van der Waals surface area contributed by atoms with Crippen LogP contribution in [0.1, 0.15) is 12.8 Å². The van der Waals surface area contributed by atoms with E-state index in [1.807, 2.05) is 29.2 Å². The molecule has 1 aliphatic rings. The number of aryl methyl sites for hydroxylation is 1. The molecule has 1 fully saturated rings. The summed E-state index contributed by atoms with van der Waals surface area (Å²) in [5.74, 6) is 0.0379. The van der Waals surface area contributed by atoms with E-state index in [1.165, 1.54) is 0 Å². The van der Waals surface area contributed by atoms with Crippen LogP contribution < -0.4 is 5.69 Å². The summed E-state index contributed by atoms with van der Waals surface area (Å²) in [6, 6.07) is 7.56. The van der Waals surface area contributed by atoms with Gasteiger partial charge in [0.2, 0.25) is 5.91 Å². The Hall–Kier alpha value is -2.04. The third-order valence-corrected chi connectivity index (χ3v) is 3.80. The van der Waals surface area contributed by atoms with Gasteiger partial charge in [-0.2, -0.15) is 0 Å². The summed E-state index contributed by atoms with van der Waals surface area (Å²) in [5, 5.41) is 0. The first-order valence-electron chi connectivity index (χ1n) is 6.60. The van der Waals surface area contributed by atoms with Gasteiger partial charge in [-0.05, 0) is 25.0 Å². The minimum atomic E-state index is -0.131. The first-order valence-corrected chi connectivity index (χ1v) is 6.60. The number of hydrogen-bond donors (Lipinski definition) is 0. The minimum absolute atomic E-state index is 0.0379. The molecule has 1 saturated heterocycles. The molecule has 1 aliphatic heterocycles. The number of rotatable bonds is 2. The lowest BCUT2D eigenvalue weighted by Crippen LogP contribution is -2.34. The Balaban J connectivity index is 1.98. The van der Waals surface area contributed by atoms with Crippen LogP contribution >= 0.6 is 0 Å². The molecule has 5 heteroatoms. The molecule has 2 heterocycles. The van der Waals surface area contributed by atoms with Crippen molar-refractivity contribution in [1.29, 1.82) is 0 Å². The molecule has 0 bridgehead atoms. The van der Waals surface area contributed by atoms with Crippen LogP contribution in [0, 0.1) is 0 Å². The van der Waals surface area contributed by atoms with Gasteiger partial charge < -0.3 is 4.90 Å². The number of para-hydroxylation sites is 2. The van der Waals surface area contributed by atoms with E-state index in [2.05, 4.69) is 0 Å². The van der Waals surface area contributed by atoms with E-state index in [4.69, 9.17) is 0 Å². The third-order valence-electron chi connectivity index (χ3n) is 3.80. The average Bonchev–Trinajstić information content (AvgIpc) is 3.03. The molecule has 1 aromatic carbocycles. The number of likely N-dealkylation sites (tertiary alicyclic amines) is 1. The molecule has 0 saturated carbocycles. The van der Waals surface area contributed by atoms with Crippen LogP contribution in [0.3, 0.4) is 0 Å². The van der Waals surface area contributed by atoms with Crippen molar-refractivity contribution in [2.45, 2.75) is 19.4 Å². The molecule has 3 rings (SSSR count). The highest BCUT2D eigenvalue weighted by Crippen LogP contribution is 2.13. The Bertz CT molecular complexity index is 678. The molecule has 0 spiro atoms. The first kappa shape index (κ1) is 12.0. The minimum Gasteiger partial charge on any atom is -0.341 e. The molecule has 19 heavy (non-hydrogen) atoms. The van der Waals surface area contributed by atoms with Crippen molar-refractivity contribution in [3.8, 4) is 0 Å². The topological polar surface area (TPSA) is 47.2 Å². The lowest BCUT2D eigenvalue weighted by molar-refractivity contribution is -0.130. The Kier molecular flexibility index (Phi) is 2.89. The van der Waals surface area contributed by atoms with Gasteiger partial charge in [-0.1, -0.05) is 12.1 Å². The van der Waals surface area contributed by atoms with Crippen molar-refractivity contribution in [2.24, 2.45) is 7.05 Å². The van der Waals surface area contributed by atoms with Gasteiger partial charge in [-0.3, -0.25) is 13.9 Å². The van der Waals surface area contributed by atoms with Crippen LogP contribution in [-0.2, 0) is 18.4 Å². The number of benzene rings is 1. The van der Waals surface area contributed by atoms with Gasteiger partial charge in [0.25, 0.3) is 0 Å². The summed E-state index contributed by atoms with van der Waals surface area (Å²) in [6.45, 7) is 1.77. The number of hydrogen-bond acceptors (Lipinski definition) is 2. The quantitative estimate of drug-likeness (QED) is 0.806. The second-order valence-electron chi connectivity index (χ2n) is 5.00. The molecule has 0 N–H and O–H groups in total. The van der Waals surface area contributed by atoms with Gasteiger partial charge in [0.05, 0.1) is 11.0 Å². The molecule has 0 aliphatic carbocycles. The van der Waals surface area contributed by atoms with Gasteiger partial charge in [0.15, 0.2) is 0 Å². The molecule has 0 atom stereocenters. The van der Waals surface area contributed by atoms with E-state index in [0.717, 1.165) is 37.0 Å². The van der Waals surface area contributed by atoms with Crippen molar-refractivity contribution in [1.82, 2.24) is 14.0 Å². The molecule has 2 aromatic rings. The normalized spacial score (nSPS) is 15.3. The Morgan fingerprint density at radius 3 is 2.47 bits per heavy atom. The number of amides is 1. The molecule has 1 aromatic heterocycles. The van der Waals surface area contributed by atoms with Crippen LogP contribution in [0.25, 0.3) is 11.0 Å². The lowest BCUT2D eigenvalue weighted by atomic mass is 10.3. The Labute approximate surface area is 111 Å². The number of nitrogens with zero attached hydrogens (tertiary/aromatic N) is 3. The maximum atomic E-state index is 12.2. The van der Waals surface area contributed by atoms with Crippen molar-refractivity contribution >= 4 is 16.9 Å². The van der Waals surface area contributed by atoms with Crippen LogP contribution in [0.5, 0.6) is 0 Å². The van der Waals surface area contributed by atoms with Crippen molar-refractivity contribution in [3.63, 3.8) is 0 Å². The number of aromatic nitrogens is 2. The van der Waals surface area contributed by atoms with E-state index < -0.39 is 0 Å². The monoisotopic (exact) mass is 259 g/mol. The molecular formula is C14H17N3O2. The summed E-state index contributed by atoms with van der Waals surface area (Å²) in [7, 11) is 1.74. The summed E-state index contributed by atoms with van der Waals surface area (Å²) in [6.07, 6.45) is 2.13. The van der Waals surface area contributed by atoms with E-state index in [0.29, 0.717) is 0 Å². The molecule has 5 nitrogen and oxygen atoms in total. The van der Waals surface area contributed by atoms with E-state index in [9.17, 15) is 9.59 Å². The zero-order valence-electron chi connectivity index (χ0n) is 11.0. The largest absolute Gasteiger partial charge is 0.341 e. The Morgan fingerprint density at radius 1 is 1.16 bits per heavy atom. The number of fused-ring (bicyclic) bond motifs is 1. The molecule has 0 unspecified atom stereocenters. The van der Waals surface area contributed by atoms with E-state index in [1.54, 1.807) is 16.2 Å². The summed E-state index contributed by atoms with van der Waals surface area (Å²) in [5.41, 5.74) is 1.55. The van der Waals surface area contributed by atoms with Gasteiger partial charge in [0.1, 0.15) is 6.54 Å². The highest BCUT2D eigenvalue weighted by atomic mass is 16.2. The zero-order chi connectivity index (χ0) is 13.4. The van der Waals surface area contributed by atoms with Crippen molar-refractivity contribution in [2.75, 3.05) is 13.1 Å². The molecule has 1 amide bonds. The molecular weight excluding hydrogens is 242 g/mol. The third kappa shape index (κ3) is 1.95. The van der Waals surface area contributed by atoms with E-state index >= 15 is 0 Å². The maximum Gasteiger partial charge on any atom is 0.329 e. The highest BCUT2D eigenvalue weighted by Gasteiger charge is 2.20. The predicted molar refractivity (Wildman–Crippen MR) is 73.0 cm³/mol. The highest BCUT2D eigenvalue weighted by molar-refractivity contribution is 5.81. The smallest absolute Gasteiger partial charge is 0.329 e. The second kappa shape index (κ2) is 4.57. The fraction of sp³-hybridized carbons (Fsp3) is 0.429. The number of carbonyl (C=O) groups is 1. The molecule has 100 valence electrons.